The molecule has 0 spiro atoms. The summed E-state index contributed by atoms with van der Waals surface area (Å²) in [5.41, 5.74) is 7.68. The fourth-order valence-electron chi connectivity index (χ4n) is 4.00. The van der Waals surface area contributed by atoms with E-state index in [0.29, 0.717) is 23.2 Å². The van der Waals surface area contributed by atoms with Crippen LogP contribution in [-0.4, -0.2) is 36.0 Å². The smallest absolute Gasteiger partial charge is 0.338 e. The Morgan fingerprint density at radius 1 is 1.21 bits per heavy atom. The molecule has 5 nitrogen and oxygen atoms in total. The molecule has 0 unspecified atom stereocenters. The van der Waals surface area contributed by atoms with Crippen LogP contribution in [0.1, 0.15) is 54.4 Å². The molecular weight excluding hydrogens is 304 g/mol. The zero-order valence-electron chi connectivity index (χ0n) is 14.3. The van der Waals surface area contributed by atoms with Crippen molar-refractivity contribution in [2.75, 3.05) is 18.9 Å². The highest BCUT2D eigenvalue weighted by atomic mass is 16.5. The Hall–Kier alpha value is -2.04. The van der Waals surface area contributed by atoms with Gasteiger partial charge in [0.15, 0.2) is 6.61 Å². The molecule has 5 heteroatoms. The normalized spacial score (nSPS) is 23.5. The van der Waals surface area contributed by atoms with Gasteiger partial charge in [0, 0.05) is 18.3 Å². The SMILES string of the molecule is Cc1ccc(C(=O)OCC(=O)N2CCC[C@H]3CCCC[C@H]32)cc1N. The molecule has 2 N–H and O–H groups in total. The molecular formula is C19H26N2O3. The number of esters is 1. The van der Waals surface area contributed by atoms with Gasteiger partial charge < -0.3 is 15.4 Å². The van der Waals surface area contributed by atoms with Gasteiger partial charge in [-0.25, -0.2) is 4.79 Å². The van der Waals surface area contributed by atoms with Crippen LogP contribution in [0.3, 0.4) is 0 Å². The molecule has 2 aliphatic rings. The van der Waals surface area contributed by atoms with Crippen LogP contribution in [0.5, 0.6) is 0 Å². The second-order valence-electron chi connectivity index (χ2n) is 6.99. The van der Waals surface area contributed by atoms with Crippen LogP contribution < -0.4 is 5.73 Å². The highest BCUT2D eigenvalue weighted by Gasteiger charge is 2.35. The predicted molar refractivity (Wildman–Crippen MR) is 92.6 cm³/mol. The van der Waals surface area contributed by atoms with E-state index >= 15 is 0 Å². The van der Waals surface area contributed by atoms with Gasteiger partial charge in [0.2, 0.25) is 0 Å². The maximum atomic E-state index is 12.5. The van der Waals surface area contributed by atoms with E-state index in [9.17, 15) is 9.59 Å². The van der Waals surface area contributed by atoms with E-state index < -0.39 is 5.97 Å². The molecule has 1 saturated heterocycles. The van der Waals surface area contributed by atoms with Gasteiger partial charge in [-0.15, -0.1) is 0 Å². The van der Waals surface area contributed by atoms with Crippen LogP contribution in [0.15, 0.2) is 18.2 Å². The van der Waals surface area contributed by atoms with E-state index in [-0.39, 0.29) is 12.5 Å². The van der Waals surface area contributed by atoms with Crippen molar-refractivity contribution in [3.8, 4) is 0 Å². The summed E-state index contributed by atoms with van der Waals surface area (Å²) in [5.74, 6) is 0.0661. The second kappa shape index (κ2) is 7.24. The van der Waals surface area contributed by atoms with Crippen molar-refractivity contribution in [3.05, 3.63) is 29.3 Å². The Morgan fingerprint density at radius 3 is 2.75 bits per heavy atom. The Labute approximate surface area is 143 Å². The lowest BCUT2D eigenvalue weighted by molar-refractivity contribution is -0.140. The first kappa shape index (κ1) is 16.8. The highest BCUT2D eigenvalue weighted by molar-refractivity contribution is 5.92. The van der Waals surface area contributed by atoms with Gasteiger partial charge in [-0.3, -0.25) is 4.79 Å². The van der Waals surface area contributed by atoms with Crippen LogP contribution in [0.4, 0.5) is 5.69 Å². The van der Waals surface area contributed by atoms with E-state index in [2.05, 4.69) is 0 Å². The zero-order chi connectivity index (χ0) is 17.1. The fourth-order valence-corrected chi connectivity index (χ4v) is 4.00. The van der Waals surface area contributed by atoms with Gasteiger partial charge in [0.05, 0.1) is 5.56 Å². The molecule has 2 fully saturated rings. The van der Waals surface area contributed by atoms with Crippen LogP contribution in [0, 0.1) is 12.8 Å². The maximum Gasteiger partial charge on any atom is 0.338 e. The first-order valence-electron chi connectivity index (χ1n) is 8.89. The van der Waals surface area contributed by atoms with Crippen molar-refractivity contribution < 1.29 is 14.3 Å². The number of fused-ring (bicyclic) bond motifs is 1. The number of carbonyl (C=O) groups is 2. The second-order valence-corrected chi connectivity index (χ2v) is 6.99. The molecule has 0 radical (unpaired) electrons. The predicted octanol–water partition coefficient (Wildman–Crippen LogP) is 2.92. The van der Waals surface area contributed by atoms with Gasteiger partial charge in [-0.1, -0.05) is 18.9 Å². The fraction of sp³-hybridized carbons (Fsp3) is 0.579. The number of aryl methyl sites for hydroxylation is 1. The molecule has 1 aromatic carbocycles. The lowest BCUT2D eigenvalue weighted by Crippen LogP contribution is -2.50. The summed E-state index contributed by atoms with van der Waals surface area (Å²) in [6, 6.07) is 5.40. The van der Waals surface area contributed by atoms with E-state index in [4.69, 9.17) is 10.5 Å². The van der Waals surface area contributed by atoms with E-state index in [1.807, 2.05) is 11.8 Å². The monoisotopic (exact) mass is 330 g/mol. The summed E-state index contributed by atoms with van der Waals surface area (Å²) in [6.07, 6.45) is 7.03. The summed E-state index contributed by atoms with van der Waals surface area (Å²) >= 11 is 0. The number of hydrogen-bond acceptors (Lipinski definition) is 4. The number of nitrogen functional groups attached to an aromatic ring is 1. The Bertz CT molecular complexity index is 627. The van der Waals surface area contributed by atoms with Crippen LogP contribution in [0.25, 0.3) is 0 Å². The van der Waals surface area contributed by atoms with Crippen LogP contribution in [-0.2, 0) is 9.53 Å². The topological polar surface area (TPSA) is 72.6 Å². The summed E-state index contributed by atoms with van der Waals surface area (Å²) in [6.45, 7) is 2.48. The summed E-state index contributed by atoms with van der Waals surface area (Å²) in [5, 5.41) is 0. The van der Waals surface area contributed by atoms with Crippen molar-refractivity contribution in [2.24, 2.45) is 5.92 Å². The molecule has 130 valence electrons. The summed E-state index contributed by atoms with van der Waals surface area (Å²) in [4.78, 5) is 26.6. The third kappa shape index (κ3) is 3.55. The molecule has 0 bridgehead atoms. The van der Waals surface area contributed by atoms with Crippen molar-refractivity contribution in [1.82, 2.24) is 4.90 Å². The summed E-state index contributed by atoms with van der Waals surface area (Å²) < 4.78 is 5.23. The largest absolute Gasteiger partial charge is 0.452 e. The number of carbonyl (C=O) groups excluding carboxylic acids is 2. The minimum Gasteiger partial charge on any atom is -0.452 e. The lowest BCUT2D eigenvalue weighted by Gasteiger charge is -2.44. The number of amides is 1. The van der Waals surface area contributed by atoms with E-state index in [0.717, 1.165) is 24.9 Å². The van der Waals surface area contributed by atoms with Gasteiger partial charge in [-0.2, -0.15) is 0 Å². The van der Waals surface area contributed by atoms with Crippen LogP contribution in [0.2, 0.25) is 0 Å². The molecule has 1 heterocycles. The number of likely N-dealkylation sites (tertiary alicyclic amines) is 1. The van der Waals surface area contributed by atoms with Gasteiger partial charge in [0.25, 0.3) is 5.91 Å². The van der Waals surface area contributed by atoms with Gasteiger partial charge >= 0.3 is 5.97 Å². The molecule has 1 amide bonds. The van der Waals surface area contributed by atoms with Gasteiger partial charge in [-0.05, 0) is 56.2 Å². The van der Waals surface area contributed by atoms with Crippen molar-refractivity contribution in [3.63, 3.8) is 0 Å². The Morgan fingerprint density at radius 2 is 1.96 bits per heavy atom. The lowest BCUT2D eigenvalue weighted by atomic mass is 9.78. The standard InChI is InChI=1S/C19H26N2O3/c1-13-8-9-15(11-16(13)20)19(23)24-12-18(22)21-10-4-6-14-5-2-3-7-17(14)21/h8-9,11,14,17H,2-7,10,12,20H2,1H3/t14-,17-/m1/s1. The molecule has 3 rings (SSSR count). The number of ether oxygens (including phenoxy) is 1. The minimum atomic E-state index is -0.493. The molecule has 0 aromatic heterocycles. The number of hydrogen-bond donors (Lipinski definition) is 1. The average molecular weight is 330 g/mol. The molecule has 24 heavy (non-hydrogen) atoms. The number of rotatable bonds is 3. The quantitative estimate of drug-likeness (QED) is 0.683. The maximum absolute atomic E-state index is 12.5. The third-order valence-electron chi connectivity index (χ3n) is 5.41. The van der Waals surface area contributed by atoms with E-state index in [1.165, 1.54) is 25.7 Å². The van der Waals surface area contributed by atoms with E-state index in [1.54, 1.807) is 18.2 Å². The molecule has 1 aliphatic carbocycles. The van der Waals surface area contributed by atoms with Crippen molar-refractivity contribution in [1.29, 1.82) is 0 Å². The van der Waals surface area contributed by atoms with Crippen molar-refractivity contribution >= 4 is 17.6 Å². The first-order chi connectivity index (χ1) is 11.6. The van der Waals surface area contributed by atoms with Crippen LogP contribution >= 0.6 is 0 Å². The highest BCUT2D eigenvalue weighted by Crippen LogP contribution is 2.35. The number of benzene rings is 1. The number of nitrogens with zero attached hydrogens (tertiary/aromatic N) is 1. The minimum absolute atomic E-state index is 0.0694. The summed E-state index contributed by atoms with van der Waals surface area (Å²) in [7, 11) is 0. The molecule has 1 aromatic rings. The number of piperidine rings is 1. The Balaban J connectivity index is 1.58. The van der Waals surface area contributed by atoms with Gasteiger partial charge in [0.1, 0.15) is 0 Å². The molecule has 1 aliphatic heterocycles. The average Bonchev–Trinajstić information content (AvgIpc) is 2.61. The van der Waals surface area contributed by atoms with Crippen molar-refractivity contribution in [2.45, 2.75) is 51.5 Å². The molecule has 1 saturated carbocycles. The zero-order valence-corrected chi connectivity index (χ0v) is 14.3. The third-order valence-corrected chi connectivity index (χ3v) is 5.41. The Kier molecular flexibility index (Phi) is 5.07. The molecule has 2 atom stereocenters. The first-order valence-corrected chi connectivity index (χ1v) is 8.89. The number of anilines is 1. The number of nitrogens with two attached hydrogens (primary N) is 1.